The number of hydrogen-bond donors (Lipinski definition) is 1. The second-order valence-electron chi connectivity index (χ2n) is 4.58. The van der Waals surface area contributed by atoms with Crippen molar-refractivity contribution in [2.24, 2.45) is 13.0 Å². The van der Waals surface area contributed by atoms with Gasteiger partial charge in [-0.25, -0.2) is 0 Å². The molecule has 0 aromatic carbocycles. The molecular weight excluding hydrogens is 258 g/mol. The van der Waals surface area contributed by atoms with Gasteiger partial charge in [-0.3, -0.25) is 9.48 Å². The van der Waals surface area contributed by atoms with E-state index in [1.54, 1.807) is 23.9 Å². The van der Waals surface area contributed by atoms with Crippen molar-refractivity contribution in [1.29, 1.82) is 5.26 Å². The SMILES string of the molecule is Cc1cc(NC(=O)[C@H](C#N)Cc2cnn(C)c2C)no1. The van der Waals surface area contributed by atoms with Gasteiger partial charge in [0.25, 0.3) is 0 Å². The summed E-state index contributed by atoms with van der Waals surface area (Å²) in [6.45, 7) is 3.62. The standard InChI is InChI=1S/C13H15N5O2/c1-8-4-12(17-20-8)16-13(19)10(6-14)5-11-7-15-18(3)9(11)2/h4,7,10H,5H2,1-3H3,(H,16,17,19)/t10-/m0/s1. The van der Waals surface area contributed by atoms with Crippen molar-refractivity contribution in [3.8, 4) is 6.07 Å². The lowest BCUT2D eigenvalue weighted by atomic mass is 10.0. The van der Waals surface area contributed by atoms with E-state index in [0.717, 1.165) is 11.3 Å². The average molecular weight is 273 g/mol. The van der Waals surface area contributed by atoms with Gasteiger partial charge in [0.1, 0.15) is 11.7 Å². The fourth-order valence-corrected chi connectivity index (χ4v) is 1.80. The van der Waals surface area contributed by atoms with Crippen molar-refractivity contribution < 1.29 is 9.32 Å². The third kappa shape index (κ3) is 2.85. The van der Waals surface area contributed by atoms with Gasteiger partial charge < -0.3 is 9.84 Å². The Morgan fingerprint density at radius 1 is 1.60 bits per heavy atom. The highest BCUT2D eigenvalue weighted by Crippen LogP contribution is 2.15. The molecule has 2 aromatic rings. The third-order valence-corrected chi connectivity index (χ3v) is 3.11. The monoisotopic (exact) mass is 273 g/mol. The number of amides is 1. The minimum atomic E-state index is -0.796. The number of hydrogen-bond acceptors (Lipinski definition) is 5. The predicted octanol–water partition coefficient (Wildman–Crippen LogP) is 1.35. The van der Waals surface area contributed by atoms with Gasteiger partial charge >= 0.3 is 0 Å². The summed E-state index contributed by atoms with van der Waals surface area (Å²) in [5, 5.41) is 19.5. The molecule has 0 saturated heterocycles. The summed E-state index contributed by atoms with van der Waals surface area (Å²) >= 11 is 0. The lowest BCUT2D eigenvalue weighted by molar-refractivity contribution is -0.118. The number of nitrogens with one attached hydrogen (secondary N) is 1. The van der Waals surface area contributed by atoms with E-state index in [0.29, 0.717) is 18.0 Å². The van der Waals surface area contributed by atoms with Crippen LogP contribution in [0.1, 0.15) is 17.0 Å². The Labute approximate surface area is 116 Å². The summed E-state index contributed by atoms with van der Waals surface area (Å²) in [4.78, 5) is 12.0. The molecule has 0 radical (unpaired) electrons. The lowest BCUT2D eigenvalue weighted by Gasteiger charge is -2.08. The maximum absolute atomic E-state index is 12.0. The molecule has 7 heteroatoms. The van der Waals surface area contributed by atoms with Crippen LogP contribution in [0.25, 0.3) is 0 Å². The molecule has 104 valence electrons. The van der Waals surface area contributed by atoms with Crippen molar-refractivity contribution in [1.82, 2.24) is 14.9 Å². The number of aromatic nitrogens is 3. The summed E-state index contributed by atoms with van der Waals surface area (Å²) in [5.74, 6) is -0.286. The van der Waals surface area contributed by atoms with Gasteiger partial charge in [-0.2, -0.15) is 10.4 Å². The van der Waals surface area contributed by atoms with Crippen molar-refractivity contribution in [2.45, 2.75) is 20.3 Å². The largest absolute Gasteiger partial charge is 0.360 e. The normalized spacial score (nSPS) is 11.9. The summed E-state index contributed by atoms with van der Waals surface area (Å²) in [6, 6.07) is 3.61. The molecule has 0 spiro atoms. The van der Waals surface area contributed by atoms with Crippen molar-refractivity contribution in [2.75, 3.05) is 5.32 Å². The van der Waals surface area contributed by atoms with Crippen LogP contribution in [0.4, 0.5) is 5.82 Å². The first-order valence-corrected chi connectivity index (χ1v) is 6.12. The maximum atomic E-state index is 12.0. The van der Waals surface area contributed by atoms with E-state index in [4.69, 9.17) is 9.78 Å². The molecule has 0 unspecified atom stereocenters. The van der Waals surface area contributed by atoms with Crippen LogP contribution in [0.3, 0.4) is 0 Å². The molecule has 0 fully saturated rings. The molecule has 2 aromatic heterocycles. The second kappa shape index (κ2) is 5.57. The summed E-state index contributed by atoms with van der Waals surface area (Å²) in [5.41, 5.74) is 1.82. The molecule has 0 aliphatic carbocycles. The maximum Gasteiger partial charge on any atom is 0.243 e. The van der Waals surface area contributed by atoms with Crippen LogP contribution in [0.2, 0.25) is 0 Å². The Balaban J connectivity index is 2.07. The Bertz CT molecular complexity index is 665. The van der Waals surface area contributed by atoms with E-state index >= 15 is 0 Å². The van der Waals surface area contributed by atoms with Crippen molar-refractivity contribution in [3.05, 3.63) is 29.3 Å². The highest BCUT2D eigenvalue weighted by atomic mass is 16.5. The minimum absolute atomic E-state index is 0.315. The molecule has 0 saturated carbocycles. The zero-order chi connectivity index (χ0) is 14.7. The molecule has 2 rings (SSSR count). The van der Waals surface area contributed by atoms with Crippen LogP contribution < -0.4 is 5.32 Å². The summed E-state index contributed by atoms with van der Waals surface area (Å²) < 4.78 is 6.57. The number of anilines is 1. The van der Waals surface area contributed by atoms with Crippen molar-refractivity contribution >= 4 is 11.7 Å². The molecule has 0 aliphatic heterocycles. The number of rotatable bonds is 4. The smallest absolute Gasteiger partial charge is 0.243 e. The Morgan fingerprint density at radius 2 is 2.35 bits per heavy atom. The minimum Gasteiger partial charge on any atom is -0.360 e. The average Bonchev–Trinajstić information content (AvgIpc) is 2.95. The number of nitrogens with zero attached hydrogens (tertiary/aromatic N) is 4. The van der Waals surface area contributed by atoms with Gasteiger partial charge in [0.2, 0.25) is 5.91 Å². The van der Waals surface area contributed by atoms with Gasteiger partial charge in [0.05, 0.1) is 12.3 Å². The topological polar surface area (TPSA) is 96.7 Å². The number of nitriles is 1. The third-order valence-electron chi connectivity index (χ3n) is 3.11. The van der Waals surface area contributed by atoms with Crippen LogP contribution >= 0.6 is 0 Å². The molecule has 0 aliphatic rings. The zero-order valence-corrected chi connectivity index (χ0v) is 11.5. The predicted molar refractivity (Wildman–Crippen MR) is 70.6 cm³/mol. The van der Waals surface area contributed by atoms with Gasteiger partial charge in [-0.15, -0.1) is 0 Å². The number of aryl methyl sites for hydroxylation is 2. The molecule has 1 N–H and O–H groups in total. The molecule has 1 amide bonds. The van der Waals surface area contributed by atoms with Gasteiger partial charge in [-0.1, -0.05) is 5.16 Å². The van der Waals surface area contributed by atoms with E-state index in [1.165, 1.54) is 0 Å². The van der Waals surface area contributed by atoms with Gasteiger partial charge in [0.15, 0.2) is 5.82 Å². The van der Waals surface area contributed by atoms with Crippen molar-refractivity contribution in [3.63, 3.8) is 0 Å². The van der Waals surface area contributed by atoms with E-state index in [-0.39, 0.29) is 0 Å². The van der Waals surface area contributed by atoms with Crippen LogP contribution in [0, 0.1) is 31.1 Å². The first kappa shape index (κ1) is 13.8. The number of carbonyl (C=O) groups excluding carboxylic acids is 1. The van der Waals surface area contributed by atoms with E-state index in [2.05, 4.69) is 15.6 Å². The van der Waals surface area contributed by atoms with Crippen LogP contribution in [0.5, 0.6) is 0 Å². The Kier molecular flexibility index (Phi) is 3.84. The fraction of sp³-hybridized carbons (Fsp3) is 0.385. The molecular formula is C13H15N5O2. The lowest BCUT2D eigenvalue weighted by Crippen LogP contribution is -2.23. The molecule has 2 heterocycles. The highest BCUT2D eigenvalue weighted by Gasteiger charge is 2.21. The first-order chi connectivity index (χ1) is 9.51. The molecule has 20 heavy (non-hydrogen) atoms. The molecule has 1 atom stereocenters. The van der Waals surface area contributed by atoms with E-state index < -0.39 is 11.8 Å². The summed E-state index contributed by atoms with van der Waals surface area (Å²) in [6.07, 6.45) is 1.99. The Hall–Kier alpha value is -2.62. The van der Waals surface area contributed by atoms with Crippen LogP contribution in [-0.2, 0) is 18.3 Å². The molecule has 7 nitrogen and oxygen atoms in total. The zero-order valence-electron chi connectivity index (χ0n) is 11.5. The van der Waals surface area contributed by atoms with Gasteiger partial charge in [-0.05, 0) is 19.4 Å². The quantitative estimate of drug-likeness (QED) is 0.906. The van der Waals surface area contributed by atoms with E-state index in [9.17, 15) is 4.79 Å². The number of carbonyl (C=O) groups is 1. The summed E-state index contributed by atoms with van der Waals surface area (Å²) in [7, 11) is 1.82. The van der Waals surface area contributed by atoms with Gasteiger partial charge in [0, 0.05) is 25.2 Å². The van der Waals surface area contributed by atoms with Crippen LogP contribution in [0.15, 0.2) is 16.8 Å². The first-order valence-electron chi connectivity index (χ1n) is 6.12. The molecule has 0 bridgehead atoms. The highest BCUT2D eigenvalue weighted by molar-refractivity contribution is 5.93. The second-order valence-corrected chi connectivity index (χ2v) is 4.58. The fourth-order valence-electron chi connectivity index (χ4n) is 1.80. The Morgan fingerprint density at radius 3 is 2.85 bits per heavy atom. The van der Waals surface area contributed by atoms with E-state index in [1.807, 2.05) is 20.0 Å². The van der Waals surface area contributed by atoms with Crippen LogP contribution in [-0.4, -0.2) is 20.8 Å².